The van der Waals surface area contributed by atoms with Crippen molar-refractivity contribution < 1.29 is 41.7 Å². The van der Waals surface area contributed by atoms with E-state index >= 15 is 0 Å². The number of ketones is 1. The molecule has 3 aromatic rings. The van der Waals surface area contributed by atoms with E-state index in [1.165, 1.54) is 43.5 Å². The molecule has 236 valence electrons. The summed E-state index contributed by atoms with van der Waals surface area (Å²) in [5.74, 6) is -0.325. The van der Waals surface area contributed by atoms with E-state index in [9.17, 15) is 27.5 Å². The average Bonchev–Trinajstić information content (AvgIpc) is 3.78. The number of methoxy groups -OCH3 is 1. The highest BCUT2D eigenvalue weighted by Crippen LogP contribution is 2.44. The molecule has 2 aromatic carbocycles. The number of carbonyl (C=O) groups is 1. The van der Waals surface area contributed by atoms with Gasteiger partial charge in [0.2, 0.25) is 5.60 Å². The molecule has 2 aliphatic rings. The fraction of sp³-hybridized carbons (Fsp3) is 0.455. The van der Waals surface area contributed by atoms with Crippen LogP contribution in [0.2, 0.25) is 0 Å². The number of hydrogen-bond donors (Lipinski definition) is 2. The number of carbonyl (C=O) groups excluding carboxylic acids is 1. The molecular formula is C33H36F4N2O5. The number of aromatic nitrogens is 1. The number of Topliss-reactive ketones (excluding diaryl/α,β-unsaturated/α-hetero) is 1. The zero-order valence-electron chi connectivity index (χ0n) is 25.1. The molecule has 5 rings (SSSR count). The predicted molar refractivity (Wildman–Crippen MR) is 155 cm³/mol. The van der Waals surface area contributed by atoms with E-state index in [4.69, 9.17) is 14.2 Å². The summed E-state index contributed by atoms with van der Waals surface area (Å²) in [7, 11) is 1.42. The van der Waals surface area contributed by atoms with Gasteiger partial charge < -0.3 is 24.6 Å². The summed E-state index contributed by atoms with van der Waals surface area (Å²) < 4.78 is 74.7. The molecule has 1 unspecified atom stereocenters. The summed E-state index contributed by atoms with van der Waals surface area (Å²) in [5.41, 5.74) is -3.60. The van der Waals surface area contributed by atoms with Crippen LogP contribution in [0, 0.1) is 12.7 Å². The number of nitrogens with one attached hydrogen (secondary N) is 1. The Labute approximate surface area is 253 Å². The molecule has 0 amide bonds. The van der Waals surface area contributed by atoms with Gasteiger partial charge >= 0.3 is 6.18 Å². The Bertz CT molecular complexity index is 1540. The van der Waals surface area contributed by atoms with Gasteiger partial charge in [-0.2, -0.15) is 13.2 Å². The van der Waals surface area contributed by atoms with E-state index in [0.717, 1.165) is 12.8 Å². The smallest absolute Gasteiger partial charge is 0.422 e. The van der Waals surface area contributed by atoms with Crippen LogP contribution >= 0.6 is 0 Å². The van der Waals surface area contributed by atoms with E-state index in [1.807, 2.05) is 13.8 Å². The summed E-state index contributed by atoms with van der Waals surface area (Å²) in [4.78, 5) is 17.4. The highest BCUT2D eigenvalue weighted by Gasteiger charge is 2.56. The summed E-state index contributed by atoms with van der Waals surface area (Å²) >= 11 is 0. The van der Waals surface area contributed by atoms with Crippen LogP contribution in [-0.2, 0) is 15.9 Å². The largest absolute Gasteiger partial charge is 0.493 e. The molecule has 1 saturated heterocycles. The number of alkyl halides is 3. The highest BCUT2D eigenvalue weighted by molar-refractivity contribution is 5.96. The van der Waals surface area contributed by atoms with Gasteiger partial charge in [0.15, 0.2) is 17.3 Å². The van der Waals surface area contributed by atoms with Crippen molar-refractivity contribution in [1.29, 1.82) is 0 Å². The molecule has 1 aromatic heterocycles. The van der Waals surface area contributed by atoms with E-state index in [1.54, 1.807) is 19.1 Å². The highest BCUT2D eigenvalue weighted by atomic mass is 19.4. The first kappa shape index (κ1) is 31.9. The van der Waals surface area contributed by atoms with Gasteiger partial charge in [-0.1, -0.05) is 0 Å². The summed E-state index contributed by atoms with van der Waals surface area (Å²) in [5, 5.41) is 14.8. The van der Waals surface area contributed by atoms with Gasteiger partial charge in [-0.3, -0.25) is 4.79 Å². The van der Waals surface area contributed by atoms with Crippen molar-refractivity contribution in [1.82, 2.24) is 10.3 Å². The normalized spacial score (nSPS) is 17.1. The van der Waals surface area contributed by atoms with Crippen LogP contribution in [0.4, 0.5) is 17.6 Å². The van der Waals surface area contributed by atoms with Crippen LogP contribution in [0.1, 0.15) is 66.7 Å². The number of ether oxygens (including phenoxy) is 3. The molecule has 2 heterocycles. The van der Waals surface area contributed by atoms with Gasteiger partial charge in [0, 0.05) is 23.1 Å². The number of aryl methyl sites for hydroxylation is 1. The zero-order valence-corrected chi connectivity index (χ0v) is 25.1. The number of nitrogens with zero attached hydrogens (tertiary/aromatic N) is 1. The topological polar surface area (TPSA) is 89.9 Å². The zero-order chi connectivity index (χ0) is 31.9. The Kier molecular flexibility index (Phi) is 8.76. The van der Waals surface area contributed by atoms with Crippen molar-refractivity contribution in [3.05, 3.63) is 76.7 Å². The maximum atomic E-state index is 14.8. The van der Waals surface area contributed by atoms with Gasteiger partial charge in [0.25, 0.3) is 0 Å². The van der Waals surface area contributed by atoms with Crippen molar-refractivity contribution >= 4 is 5.78 Å². The van der Waals surface area contributed by atoms with Crippen LogP contribution in [-0.4, -0.2) is 54.5 Å². The van der Waals surface area contributed by atoms with Gasteiger partial charge in [0.05, 0.1) is 43.9 Å². The minimum absolute atomic E-state index is 0.00435. The third-order valence-corrected chi connectivity index (χ3v) is 8.11. The number of aliphatic hydroxyl groups is 1. The van der Waals surface area contributed by atoms with Crippen molar-refractivity contribution in [2.45, 2.75) is 75.9 Å². The SMILES string of the molecule is COc1cc(C(=O)CCC(O)(c2cc(C(C)(C)NC3COC3)cc(-c3ccc(F)c(C)c3)n2)C(F)(F)F)ccc1OC1CC1. The molecular weight excluding hydrogens is 580 g/mol. The number of rotatable bonds is 12. The van der Waals surface area contributed by atoms with Gasteiger partial charge in [0.1, 0.15) is 5.82 Å². The summed E-state index contributed by atoms with van der Waals surface area (Å²) in [6.07, 6.45) is -4.85. The Morgan fingerprint density at radius 1 is 1.07 bits per heavy atom. The monoisotopic (exact) mass is 616 g/mol. The maximum absolute atomic E-state index is 14.8. The Morgan fingerprint density at radius 2 is 1.80 bits per heavy atom. The molecule has 0 bridgehead atoms. The van der Waals surface area contributed by atoms with Crippen LogP contribution in [0.5, 0.6) is 11.5 Å². The second-order valence-electron chi connectivity index (χ2n) is 12.1. The molecule has 1 aliphatic heterocycles. The fourth-order valence-electron chi connectivity index (χ4n) is 5.13. The third-order valence-electron chi connectivity index (χ3n) is 8.11. The first-order chi connectivity index (χ1) is 20.7. The molecule has 7 nitrogen and oxygen atoms in total. The molecule has 1 aliphatic carbocycles. The standard InChI is InChI=1S/C33H36F4N2O5/c1-19-13-20(5-9-25(19)34)26-15-22(31(2,3)39-23-17-43-18-23)16-30(38-26)32(41,33(35,36)37)12-11-27(40)21-6-10-28(29(14-21)42-4)44-24-7-8-24/h5-6,9-10,13-16,23-24,39,41H,7-8,11-12,17-18H2,1-4H3. The lowest BCUT2D eigenvalue weighted by Gasteiger charge is -2.38. The van der Waals surface area contributed by atoms with Crippen molar-refractivity contribution in [2.24, 2.45) is 0 Å². The molecule has 1 atom stereocenters. The quantitative estimate of drug-likeness (QED) is 0.180. The van der Waals surface area contributed by atoms with Crippen LogP contribution in [0.3, 0.4) is 0 Å². The van der Waals surface area contributed by atoms with E-state index in [-0.39, 0.29) is 23.4 Å². The van der Waals surface area contributed by atoms with E-state index in [2.05, 4.69) is 10.3 Å². The maximum Gasteiger partial charge on any atom is 0.422 e. The van der Waals surface area contributed by atoms with E-state index < -0.39 is 47.5 Å². The third kappa shape index (κ3) is 6.74. The number of benzene rings is 2. The van der Waals surface area contributed by atoms with Crippen LogP contribution in [0.15, 0.2) is 48.5 Å². The summed E-state index contributed by atoms with van der Waals surface area (Å²) in [6.45, 7) is 6.08. The van der Waals surface area contributed by atoms with Gasteiger partial charge in [-0.25, -0.2) is 9.37 Å². The molecule has 2 N–H and O–H groups in total. The predicted octanol–water partition coefficient (Wildman–Crippen LogP) is 6.38. The van der Waals surface area contributed by atoms with Crippen LogP contribution in [0.25, 0.3) is 11.3 Å². The molecule has 0 spiro atoms. The lowest BCUT2D eigenvalue weighted by atomic mass is 9.85. The van der Waals surface area contributed by atoms with E-state index in [0.29, 0.717) is 41.4 Å². The number of hydrogen-bond acceptors (Lipinski definition) is 7. The van der Waals surface area contributed by atoms with Gasteiger partial charge in [-0.05, 0) is 99.7 Å². The Morgan fingerprint density at radius 3 is 2.39 bits per heavy atom. The number of halogens is 4. The first-order valence-corrected chi connectivity index (χ1v) is 14.5. The first-order valence-electron chi connectivity index (χ1n) is 14.5. The van der Waals surface area contributed by atoms with Crippen molar-refractivity contribution in [2.75, 3.05) is 20.3 Å². The second kappa shape index (κ2) is 12.1. The Hall–Kier alpha value is -3.54. The molecule has 44 heavy (non-hydrogen) atoms. The van der Waals surface area contributed by atoms with Crippen molar-refractivity contribution in [3.63, 3.8) is 0 Å². The Balaban J connectivity index is 1.50. The minimum Gasteiger partial charge on any atom is -0.493 e. The second-order valence-corrected chi connectivity index (χ2v) is 12.1. The fourth-order valence-corrected chi connectivity index (χ4v) is 5.13. The van der Waals surface area contributed by atoms with Crippen LogP contribution < -0.4 is 14.8 Å². The van der Waals surface area contributed by atoms with Crippen molar-refractivity contribution in [3.8, 4) is 22.8 Å². The molecule has 2 fully saturated rings. The minimum atomic E-state index is -5.17. The molecule has 1 saturated carbocycles. The molecule has 0 radical (unpaired) electrons. The van der Waals surface area contributed by atoms with Gasteiger partial charge in [-0.15, -0.1) is 0 Å². The molecule has 11 heteroatoms. The average molecular weight is 617 g/mol. The lowest BCUT2D eigenvalue weighted by molar-refractivity contribution is -0.270. The number of pyridine rings is 1. The summed E-state index contributed by atoms with van der Waals surface area (Å²) in [6, 6.07) is 11.4. The lowest BCUT2D eigenvalue weighted by Crippen LogP contribution is -2.53.